The van der Waals surface area contributed by atoms with E-state index in [0.29, 0.717) is 32.0 Å². The zero-order chi connectivity index (χ0) is 34.9. The van der Waals surface area contributed by atoms with Crippen molar-refractivity contribution in [1.29, 1.82) is 0 Å². The normalized spacial score (nSPS) is 20.3. The van der Waals surface area contributed by atoms with E-state index >= 15 is 0 Å². The van der Waals surface area contributed by atoms with Crippen molar-refractivity contribution in [1.82, 2.24) is 0 Å². The third-order valence-electron chi connectivity index (χ3n) is 10.5. The molecule has 4 aromatic rings. The number of rotatable bonds is 16. The minimum atomic E-state index is -0.643. The lowest BCUT2D eigenvalue weighted by atomic mass is 9.73. The third kappa shape index (κ3) is 7.87. The number of benzene rings is 4. The quantitative estimate of drug-likeness (QED) is 0.0503. The van der Waals surface area contributed by atoms with Crippen molar-refractivity contribution < 1.29 is 33.8 Å². The van der Waals surface area contributed by atoms with E-state index in [1.807, 2.05) is 24.3 Å². The minimum Gasteiger partial charge on any atom is -0.494 e. The van der Waals surface area contributed by atoms with E-state index in [1.54, 1.807) is 6.08 Å². The molecule has 0 radical (unpaired) electrons. The number of fused-ring (bicyclic) bond motifs is 7. The first-order chi connectivity index (χ1) is 25.2. The van der Waals surface area contributed by atoms with Crippen LogP contribution < -0.4 is 14.4 Å². The fraction of sp³-hybridized carbons (Fsp3) is 0.409. The second-order valence-corrected chi connectivity index (χ2v) is 13.8. The Morgan fingerprint density at radius 3 is 2.45 bits per heavy atom. The fourth-order valence-electron chi connectivity index (χ4n) is 8.14. The summed E-state index contributed by atoms with van der Waals surface area (Å²) >= 11 is 0. The number of hydrogen-bond acceptors (Lipinski definition) is 7. The van der Waals surface area contributed by atoms with Crippen LogP contribution in [0.1, 0.15) is 84.7 Å². The van der Waals surface area contributed by atoms with Gasteiger partial charge >= 0.3 is 0 Å². The van der Waals surface area contributed by atoms with E-state index in [2.05, 4.69) is 80.2 Å². The molecule has 0 amide bonds. The molecule has 1 aliphatic heterocycles. The summed E-state index contributed by atoms with van der Waals surface area (Å²) in [6.45, 7) is 7.36. The van der Waals surface area contributed by atoms with Crippen LogP contribution in [0.5, 0.6) is 17.2 Å². The van der Waals surface area contributed by atoms with Crippen molar-refractivity contribution in [2.75, 3.05) is 26.4 Å². The summed E-state index contributed by atoms with van der Waals surface area (Å²) < 4.78 is 20.4. The number of hydrogen-bond donors (Lipinski definition) is 0. The number of aryl methyl sites for hydroxylation is 2. The first-order valence-electron chi connectivity index (χ1n) is 18.7. The molecule has 0 N–H and O–H groups in total. The van der Waals surface area contributed by atoms with Gasteiger partial charge in [0.2, 0.25) is 6.29 Å². The predicted molar refractivity (Wildman–Crippen MR) is 197 cm³/mol. The Balaban J connectivity index is 1.14. The van der Waals surface area contributed by atoms with Gasteiger partial charge in [0.05, 0.1) is 24.7 Å². The van der Waals surface area contributed by atoms with Crippen LogP contribution in [0.2, 0.25) is 0 Å². The first-order valence-corrected chi connectivity index (χ1v) is 18.7. The molecule has 7 heteroatoms. The Morgan fingerprint density at radius 1 is 0.804 bits per heavy atom. The van der Waals surface area contributed by atoms with Gasteiger partial charge in [-0.05, 0) is 103 Å². The molecule has 0 bridgehead atoms. The van der Waals surface area contributed by atoms with Gasteiger partial charge in [0.15, 0.2) is 5.75 Å². The van der Waals surface area contributed by atoms with Gasteiger partial charge in [-0.3, -0.25) is 0 Å². The molecular formula is C44H50O7. The second kappa shape index (κ2) is 16.9. The lowest BCUT2D eigenvalue weighted by Crippen LogP contribution is -2.50. The molecule has 51 heavy (non-hydrogen) atoms. The van der Waals surface area contributed by atoms with Gasteiger partial charge in [0.25, 0.3) is 0 Å². The molecule has 4 aromatic carbocycles. The molecule has 3 aliphatic rings. The summed E-state index contributed by atoms with van der Waals surface area (Å²) in [5.74, 6) is 2.39. The summed E-state index contributed by atoms with van der Waals surface area (Å²) in [5.41, 5.74) is 7.51. The molecule has 7 nitrogen and oxygen atoms in total. The van der Waals surface area contributed by atoms with Gasteiger partial charge < -0.3 is 19.1 Å². The maximum Gasteiger partial charge on any atom is 0.212 e. The maximum atomic E-state index is 7.32. The Labute approximate surface area is 302 Å². The highest BCUT2D eigenvalue weighted by atomic mass is 17.2. The zero-order valence-corrected chi connectivity index (χ0v) is 29.7. The van der Waals surface area contributed by atoms with E-state index < -0.39 is 11.7 Å². The van der Waals surface area contributed by atoms with Gasteiger partial charge in [-0.2, -0.15) is 4.89 Å². The molecule has 268 valence electrons. The molecule has 1 unspecified atom stereocenters. The van der Waals surface area contributed by atoms with Gasteiger partial charge in [-0.25, -0.2) is 9.78 Å². The van der Waals surface area contributed by atoms with Crippen molar-refractivity contribution in [3.63, 3.8) is 0 Å². The Morgan fingerprint density at radius 2 is 1.61 bits per heavy atom. The average molecular weight is 691 g/mol. The van der Waals surface area contributed by atoms with Crippen LogP contribution in [-0.4, -0.2) is 38.8 Å². The molecule has 4 atom stereocenters. The first kappa shape index (κ1) is 35.3. The summed E-state index contributed by atoms with van der Waals surface area (Å²) in [6.07, 6.45) is 9.97. The van der Waals surface area contributed by atoms with Crippen LogP contribution in [0.15, 0.2) is 104 Å². The summed E-state index contributed by atoms with van der Waals surface area (Å²) in [6, 6.07) is 31.4. The fourth-order valence-corrected chi connectivity index (χ4v) is 8.14. The van der Waals surface area contributed by atoms with E-state index in [9.17, 15) is 0 Å². The highest BCUT2D eigenvalue weighted by Gasteiger charge is 2.49. The van der Waals surface area contributed by atoms with Crippen molar-refractivity contribution in [3.05, 3.63) is 137 Å². The van der Waals surface area contributed by atoms with E-state index in [1.165, 1.54) is 40.7 Å². The molecule has 0 saturated carbocycles. The summed E-state index contributed by atoms with van der Waals surface area (Å²) in [7, 11) is 0. The van der Waals surface area contributed by atoms with Crippen LogP contribution in [0, 0.1) is 0 Å². The SMILES string of the molecule is C=CCOOCCCOc1ccc(OOC[C@@](CCC)(c2ccccc2)C2Oc3ccc4c(c3[C@H]3c5ccccc5CC[C@H]3O2)CCCC4)cc1. The summed E-state index contributed by atoms with van der Waals surface area (Å²) in [4.78, 5) is 22.2. The van der Waals surface area contributed by atoms with Crippen LogP contribution in [0.3, 0.4) is 0 Å². The van der Waals surface area contributed by atoms with Crippen LogP contribution in [-0.2, 0) is 44.1 Å². The highest BCUT2D eigenvalue weighted by molar-refractivity contribution is 5.55. The topological polar surface area (TPSA) is 64.6 Å². The van der Waals surface area contributed by atoms with Crippen LogP contribution in [0.25, 0.3) is 0 Å². The average Bonchev–Trinajstić information content (AvgIpc) is 3.36. The van der Waals surface area contributed by atoms with E-state index in [-0.39, 0.29) is 18.6 Å². The largest absolute Gasteiger partial charge is 0.494 e. The zero-order valence-electron chi connectivity index (χ0n) is 29.7. The van der Waals surface area contributed by atoms with Crippen LogP contribution >= 0.6 is 0 Å². The Bertz CT molecular complexity index is 1720. The molecule has 0 aromatic heterocycles. The molecule has 1 heterocycles. The van der Waals surface area contributed by atoms with Gasteiger partial charge in [-0.1, -0.05) is 80.1 Å². The van der Waals surface area contributed by atoms with E-state index in [0.717, 1.165) is 55.6 Å². The molecular weight excluding hydrogens is 640 g/mol. The predicted octanol–water partition coefficient (Wildman–Crippen LogP) is 9.40. The number of ether oxygens (including phenoxy) is 3. The molecule has 2 aliphatic carbocycles. The van der Waals surface area contributed by atoms with Crippen molar-refractivity contribution in [2.45, 2.75) is 88.4 Å². The van der Waals surface area contributed by atoms with Gasteiger partial charge in [0.1, 0.15) is 24.7 Å². The van der Waals surface area contributed by atoms with Gasteiger partial charge in [-0.15, -0.1) is 6.58 Å². The molecule has 0 spiro atoms. The maximum absolute atomic E-state index is 7.32. The molecule has 0 saturated heterocycles. The van der Waals surface area contributed by atoms with E-state index in [4.69, 9.17) is 33.8 Å². The minimum absolute atomic E-state index is 0.0285. The smallest absolute Gasteiger partial charge is 0.212 e. The summed E-state index contributed by atoms with van der Waals surface area (Å²) in [5, 5.41) is 0. The Kier molecular flexibility index (Phi) is 11.7. The third-order valence-corrected chi connectivity index (χ3v) is 10.5. The lowest BCUT2D eigenvalue weighted by Gasteiger charge is -2.41. The van der Waals surface area contributed by atoms with Gasteiger partial charge in [0, 0.05) is 17.9 Å². The Hall–Kier alpha value is -4.14. The van der Waals surface area contributed by atoms with Crippen molar-refractivity contribution in [2.24, 2.45) is 0 Å². The second-order valence-electron chi connectivity index (χ2n) is 13.8. The standard InChI is InChI=1S/C44H50O7/c1-3-27-44(34-15-6-5-7-16-34,31-48-51-36-23-21-35(22-24-36)45-29-12-30-47-46-28-4-2)43-49-39-25-19-32-13-8-10-17-37(32)41(39)42-38-18-11-9-14-33(38)20-26-40(42)50-43/h4-8,10,13,15-17,20-24,26,39,41,43H,2-3,9,11-12,14,18-19,25,27-31H2,1H3/t39-,41+,43?,44+/m1/s1. The highest BCUT2D eigenvalue weighted by Crippen LogP contribution is 2.50. The molecule has 7 rings (SSSR count). The van der Waals surface area contributed by atoms with Crippen LogP contribution in [0.4, 0.5) is 0 Å². The monoisotopic (exact) mass is 690 g/mol. The van der Waals surface area contributed by atoms with Crippen molar-refractivity contribution in [3.8, 4) is 17.2 Å². The lowest BCUT2D eigenvalue weighted by molar-refractivity contribution is -0.287. The van der Waals surface area contributed by atoms with Crippen molar-refractivity contribution >= 4 is 0 Å². The molecule has 0 fully saturated rings.